The molecule has 72 valence electrons. The van der Waals surface area contributed by atoms with Crippen LogP contribution in [0.3, 0.4) is 0 Å². The lowest BCUT2D eigenvalue weighted by Gasteiger charge is -1.94. The van der Waals surface area contributed by atoms with Gasteiger partial charge in [-0.05, 0) is 19.1 Å². The van der Waals surface area contributed by atoms with E-state index in [0.717, 1.165) is 5.56 Å². The molecule has 0 unspecified atom stereocenters. The molecule has 0 bridgehead atoms. The van der Waals surface area contributed by atoms with Crippen molar-refractivity contribution in [3.8, 4) is 0 Å². The first-order chi connectivity index (χ1) is 6.68. The first kappa shape index (κ1) is 10.2. The first-order valence-electron chi connectivity index (χ1n) is 4.15. The molecule has 3 nitrogen and oxygen atoms in total. The predicted octanol–water partition coefficient (Wildman–Crippen LogP) is 1.68. The van der Waals surface area contributed by atoms with Crippen LogP contribution < -0.4 is 5.32 Å². The van der Waals surface area contributed by atoms with Gasteiger partial charge in [-0.1, -0.05) is 11.6 Å². The molecular formula is C11H11NO2. The maximum atomic E-state index is 11.1. The summed E-state index contributed by atoms with van der Waals surface area (Å²) in [7, 11) is 0. The summed E-state index contributed by atoms with van der Waals surface area (Å²) in [6, 6.07) is 5.21. The van der Waals surface area contributed by atoms with Crippen molar-refractivity contribution in [1.82, 2.24) is 5.32 Å². The standard InChI is InChI=1S/C9H7NO2.C2H4/c1-5-2-3-6-7(4-5)9(12)10-8(6)11;1-2/h2-4H,1H3,(H,10,11,12);1-2H2. The highest BCUT2D eigenvalue weighted by atomic mass is 16.2. The number of aryl methyl sites for hydroxylation is 1. The number of carbonyl (C=O) groups excluding carboxylic acids is 2. The molecule has 0 fully saturated rings. The zero-order valence-corrected chi connectivity index (χ0v) is 7.96. The minimum atomic E-state index is -0.296. The van der Waals surface area contributed by atoms with E-state index >= 15 is 0 Å². The SMILES string of the molecule is C=C.Cc1ccc2c(c1)C(=O)NC2=O. The Hall–Kier alpha value is -1.90. The van der Waals surface area contributed by atoms with E-state index in [0.29, 0.717) is 11.1 Å². The highest BCUT2D eigenvalue weighted by Crippen LogP contribution is 2.16. The molecule has 14 heavy (non-hydrogen) atoms. The fraction of sp³-hybridized carbons (Fsp3) is 0.0909. The normalized spacial score (nSPS) is 12.6. The fourth-order valence-corrected chi connectivity index (χ4v) is 1.28. The lowest BCUT2D eigenvalue weighted by atomic mass is 10.1. The minimum absolute atomic E-state index is 0.293. The topological polar surface area (TPSA) is 46.2 Å². The van der Waals surface area contributed by atoms with Crippen LogP contribution in [0.4, 0.5) is 0 Å². The number of benzene rings is 1. The molecule has 0 atom stereocenters. The average molecular weight is 189 g/mol. The molecule has 0 radical (unpaired) electrons. The Bertz CT molecular complexity index is 396. The molecule has 1 N–H and O–H groups in total. The smallest absolute Gasteiger partial charge is 0.258 e. The zero-order chi connectivity index (χ0) is 10.7. The van der Waals surface area contributed by atoms with Gasteiger partial charge in [0.25, 0.3) is 11.8 Å². The van der Waals surface area contributed by atoms with Crippen molar-refractivity contribution in [3.63, 3.8) is 0 Å². The molecule has 0 aliphatic carbocycles. The van der Waals surface area contributed by atoms with Gasteiger partial charge >= 0.3 is 0 Å². The van der Waals surface area contributed by atoms with Gasteiger partial charge in [0.15, 0.2) is 0 Å². The van der Waals surface area contributed by atoms with Crippen molar-refractivity contribution in [3.05, 3.63) is 48.0 Å². The first-order valence-corrected chi connectivity index (χ1v) is 4.15. The summed E-state index contributed by atoms with van der Waals surface area (Å²) in [5.41, 5.74) is 1.95. The molecule has 2 rings (SSSR count). The zero-order valence-electron chi connectivity index (χ0n) is 7.96. The monoisotopic (exact) mass is 189 g/mol. The van der Waals surface area contributed by atoms with Gasteiger partial charge in [0.2, 0.25) is 0 Å². The summed E-state index contributed by atoms with van der Waals surface area (Å²) in [5.74, 6) is -0.589. The Morgan fingerprint density at radius 1 is 1.07 bits per heavy atom. The van der Waals surface area contributed by atoms with Gasteiger partial charge in [-0.3, -0.25) is 14.9 Å². The largest absolute Gasteiger partial charge is 0.288 e. The van der Waals surface area contributed by atoms with E-state index in [9.17, 15) is 9.59 Å². The molecular weight excluding hydrogens is 178 g/mol. The van der Waals surface area contributed by atoms with Crippen LogP contribution in [0.25, 0.3) is 0 Å². The van der Waals surface area contributed by atoms with Crippen LogP contribution in [-0.4, -0.2) is 11.8 Å². The van der Waals surface area contributed by atoms with Crippen molar-refractivity contribution in [2.24, 2.45) is 0 Å². The van der Waals surface area contributed by atoms with Crippen molar-refractivity contribution in [1.29, 1.82) is 0 Å². The number of carbonyl (C=O) groups is 2. The third-order valence-electron chi connectivity index (χ3n) is 1.89. The van der Waals surface area contributed by atoms with Crippen LogP contribution in [0.15, 0.2) is 31.4 Å². The van der Waals surface area contributed by atoms with Gasteiger partial charge < -0.3 is 0 Å². The molecule has 0 saturated heterocycles. The van der Waals surface area contributed by atoms with Crippen LogP contribution in [0.2, 0.25) is 0 Å². The summed E-state index contributed by atoms with van der Waals surface area (Å²) in [4.78, 5) is 22.2. The number of amides is 2. The van der Waals surface area contributed by atoms with Gasteiger partial charge in [-0.15, -0.1) is 13.2 Å². The predicted molar refractivity (Wildman–Crippen MR) is 54.2 cm³/mol. The lowest BCUT2D eigenvalue weighted by Crippen LogP contribution is -2.19. The Balaban J connectivity index is 0.000000461. The summed E-state index contributed by atoms with van der Waals surface area (Å²) >= 11 is 0. The number of imide groups is 1. The molecule has 1 aliphatic rings. The van der Waals surface area contributed by atoms with Gasteiger partial charge in [0.1, 0.15) is 0 Å². The van der Waals surface area contributed by atoms with Crippen LogP contribution in [-0.2, 0) is 0 Å². The molecule has 1 aliphatic heterocycles. The molecule has 0 spiro atoms. The van der Waals surface area contributed by atoms with Crippen molar-refractivity contribution in [2.75, 3.05) is 0 Å². The highest BCUT2D eigenvalue weighted by molar-refractivity contribution is 6.21. The van der Waals surface area contributed by atoms with E-state index in [4.69, 9.17) is 0 Å². The fourth-order valence-electron chi connectivity index (χ4n) is 1.28. The molecule has 0 aromatic heterocycles. The van der Waals surface area contributed by atoms with Gasteiger partial charge in [-0.2, -0.15) is 0 Å². The molecule has 1 heterocycles. The maximum Gasteiger partial charge on any atom is 0.258 e. The number of hydrogen-bond donors (Lipinski definition) is 1. The third kappa shape index (κ3) is 1.57. The number of rotatable bonds is 0. The lowest BCUT2D eigenvalue weighted by molar-refractivity contribution is 0.0879. The summed E-state index contributed by atoms with van der Waals surface area (Å²) in [5, 5.41) is 2.23. The van der Waals surface area contributed by atoms with E-state index in [1.54, 1.807) is 12.1 Å². The van der Waals surface area contributed by atoms with Crippen LogP contribution >= 0.6 is 0 Å². The Labute approximate surface area is 82.4 Å². The number of hydrogen-bond acceptors (Lipinski definition) is 2. The third-order valence-corrected chi connectivity index (χ3v) is 1.89. The van der Waals surface area contributed by atoms with Crippen LogP contribution in [0, 0.1) is 6.92 Å². The highest BCUT2D eigenvalue weighted by Gasteiger charge is 2.25. The van der Waals surface area contributed by atoms with Gasteiger partial charge in [-0.25, -0.2) is 0 Å². The number of fused-ring (bicyclic) bond motifs is 1. The van der Waals surface area contributed by atoms with Crippen molar-refractivity contribution in [2.45, 2.75) is 6.92 Å². The van der Waals surface area contributed by atoms with E-state index in [-0.39, 0.29) is 11.8 Å². The van der Waals surface area contributed by atoms with Crippen molar-refractivity contribution >= 4 is 11.8 Å². The van der Waals surface area contributed by atoms with E-state index < -0.39 is 0 Å². The maximum absolute atomic E-state index is 11.1. The van der Waals surface area contributed by atoms with E-state index in [1.807, 2.05) is 13.0 Å². The molecule has 1 aromatic carbocycles. The van der Waals surface area contributed by atoms with Gasteiger partial charge in [0.05, 0.1) is 11.1 Å². The Kier molecular flexibility index (Phi) is 2.82. The second-order valence-electron chi connectivity index (χ2n) is 2.83. The molecule has 1 aromatic rings. The van der Waals surface area contributed by atoms with E-state index in [2.05, 4.69) is 18.5 Å². The summed E-state index contributed by atoms with van der Waals surface area (Å²) in [6.07, 6.45) is 0. The second kappa shape index (κ2) is 3.87. The Morgan fingerprint density at radius 2 is 1.64 bits per heavy atom. The average Bonchev–Trinajstić information content (AvgIpc) is 2.46. The van der Waals surface area contributed by atoms with Crippen LogP contribution in [0.5, 0.6) is 0 Å². The second-order valence-corrected chi connectivity index (χ2v) is 2.83. The molecule has 2 amide bonds. The van der Waals surface area contributed by atoms with Crippen molar-refractivity contribution < 1.29 is 9.59 Å². The van der Waals surface area contributed by atoms with E-state index in [1.165, 1.54) is 0 Å². The van der Waals surface area contributed by atoms with Gasteiger partial charge in [0, 0.05) is 0 Å². The van der Waals surface area contributed by atoms with Crippen LogP contribution in [0.1, 0.15) is 26.3 Å². The molecule has 3 heteroatoms. The quantitative estimate of drug-likeness (QED) is 0.498. The summed E-state index contributed by atoms with van der Waals surface area (Å²) in [6.45, 7) is 7.89. The number of nitrogens with one attached hydrogen (secondary N) is 1. The minimum Gasteiger partial charge on any atom is -0.288 e. The summed E-state index contributed by atoms with van der Waals surface area (Å²) < 4.78 is 0. The Morgan fingerprint density at radius 3 is 2.29 bits per heavy atom. The molecule has 0 saturated carbocycles.